The van der Waals surface area contributed by atoms with Crippen molar-refractivity contribution in [3.8, 4) is 6.07 Å². The first-order valence-corrected chi connectivity index (χ1v) is 6.34. The lowest BCUT2D eigenvalue weighted by Gasteiger charge is -2.35. The minimum Gasteiger partial charge on any atom is -0.381 e. The Balaban J connectivity index is 1.91. The Kier molecular flexibility index (Phi) is 3.64. The first-order valence-electron chi connectivity index (χ1n) is 6.34. The van der Waals surface area contributed by atoms with Crippen LogP contribution in [-0.2, 0) is 4.74 Å². The van der Waals surface area contributed by atoms with E-state index >= 15 is 0 Å². The summed E-state index contributed by atoms with van der Waals surface area (Å²) < 4.78 is 5.37. The highest BCUT2D eigenvalue weighted by Gasteiger charge is 2.34. The van der Waals surface area contributed by atoms with Gasteiger partial charge in [-0.25, -0.2) is 0 Å². The van der Waals surface area contributed by atoms with E-state index in [0.29, 0.717) is 0 Å². The van der Waals surface area contributed by atoms with Crippen LogP contribution >= 0.6 is 0 Å². The van der Waals surface area contributed by atoms with Crippen molar-refractivity contribution < 1.29 is 4.74 Å². The van der Waals surface area contributed by atoms with E-state index in [9.17, 15) is 5.26 Å². The van der Waals surface area contributed by atoms with Crippen LogP contribution in [0, 0.1) is 22.7 Å². The number of nitriles is 1. The smallest absolute Gasteiger partial charge is 0.0689 e. The summed E-state index contributed by atoms with van der Waals surface area (Å²) in [7, 11) is 0. The van der Waals surface area contributed by atoms with Gasteiger partial charge in [0.1, 0.15) is 0 Å². The van der Waals surface area contributed by atoms with Gasteiger partial charge in [-0.2, -0.15) is 5.26 Å². The SMILES string of the molecule is N#CC1(CC2CCOCC2)CCCCC1. The first kappa shape index (κ1) is 11.0. The molecule has 0 bridgehead atoms. The molecule has 15 heavy (non-hydrogen) atoms. The Morgan fingerprint density at radius 1 is 1.13 bits per heavy atom. The molecular formula is C13H21NO. The fourth-order valence-electron chi connectivity index (χ4n) is 3.09. The van der Waals surface area contributed by atoms with Crippen LogP contribution < -0.4 is 0 Å². The van der Waals surface area contributed by atoms with Gasteiger partial charge in [0.25, 0.3) is 0 Å². The van der Waals surface area contributed by atoms with Gasteiger partial charge in [0.05, 0.1) is 11.5 Å². The van der Waals surface area contributed by atoms with E-state index < -0.39 is 0 Å². The molecule has 2 nitrogen and oxygen atoms in total. The van der Waals surface area contributed by atoms with Gasteiger partial charge in [0, 0.05) is 13.2 Å². The maximum absolute atomic E-state index is 9.39. The molecule has 1 saturated carbocycles. The van der Waals surface area contributed by atoms with Crippen LogP contribution in [-0.4, -0.2) is 13.2 Å². The molecule has 0 aromatic rings. The molecule has 84 valence electrons. The summed E-state index contributed by atoms with van der Waals surface area (Å²) in [5.41, 5.74) is 0.0280. The minimum atomic E-state index is 0.0280. The van der Waals surface area contributed by atoms with Crippen molar-refractivity contribution in [2.24, 2.45) is 11.3 Å². The van der Waals surface area contributed by atoms with Crippen LogP contribution in [0.1, 0.15) is 51.4 Å². The molecule has 0 amide bonds. The molecule has 0 atom stereocenters. The number of nitrogens with zero attached hydrogens (tertiary/aromatic N) is 1. The van der Waals surface area contributed by atoms with Crippen molar-refractivity contribution >= 4 is 0 Å². The summed E-state index contributed by atoms with van der Waals surface area (Å²) in [6.07, 6.45) is 9.60. The first-order chi connectivity index (χ1) is 7.35. The van der Waals surface area contributed by atoms with Crippen molar-refractivity contribution in [2.75, 3.05) is 13.2 Å². The lowest BCUT2D eigenvalue weighted by atomic mass is 9.69. The predicted molar refractivity (Wildman–Crippen MR) is 59.3 cm³/mol. The molecule has 1 aliphatic heterocycles. The lowest BCUT2D eigenvalue weighted by molar-refractivity contribution is 0.0487. The maximum atomic E-state index is 9.39. The number of rotatable bonds is 2. The van der Waals surface area contributed by atoms with Crippen molar-refractivity contribution in [1.29, 1.82) is 5.26 Å². The highest BCUT2D eigenvalue weighted by atomic mass is 16.5. The molecule has 0 radical (unpaired) electrons. The van der Waals surface area contributed by atoms with Gasteiger partial charge in [0.15, 0.2) is 0 Å². The molecule has 0 aromatic carbocycles. The van der Waals surface area contributed by atoms with E-state index in [1.807, 2.05) is 0 Å². The van der Waals surface area contributed by atoms with E-state index in [1.54, 1.807) is 0 Å². The van der Waals surface area contributed by atoms with Crippen molar-refractivity contribution in [3.05, 3.63) is 0 Å². The summed E-state index contributed by atoms with van der Waals surface area (Å²) >= 11 is 0. The average Bonchev–Trinajstić information content (AvgIpc) is 2.32. The van der Waals surface area contributed by atoms with Gasteiger partial charge in [-0.3, -0.25) is 0 Å². The molecule has 2 rings (SSSR count). The lowest BCUT2D eigenvalue weighted by Crippen LogP contribution is -2.28. The Labute approximate surface area is 92.6 Å². The van der Waals surface area contributed by atoms with Gasteiger partial charge in [-0.1, -0.05) is 19.3 Å². The zero-order valence-electron chi connectivity index (χ0n) is 9.50. The summed E-state index contributed by atoms with van der Waals surface area (Å²) in [6.45, 7) is 1.82. The largest absolute Gasteiger partial charge is 0.381 e. The molecule has 0 aromatic heterocycles. The monoisotopic (exact) mass is 207 g/mol. The quantitative estimate of drug-likeness (QED) is 0.696. The zero-order valence-corrected chi connectivity index (χ0v) is 9.50. The third-order valence-electron chi connectivity index (χ3n) is 4.07. The average molecular weight is 207 g/mol. The standard InChI is InChI=1S/C13H21NO/c14-11-13(6-2-1-3-7-13)10-12-4-8-15-9-5-12/h12H,1-10H2. The van der Waals surface area contributed by atoms with Crippen LogP contribution in [0.25, 0.3) is 0 Å². The predicted octanol–water partition coefficient (Wildman–Crippen LogP) is 3.28. The van der Waals surface area contributed by atoms with Crippen LogP contribution in [0.3, 0.4) is 0 Å². The molecule has 2 heteroatoms. The number of ether oxygens (including phenoxy) is 1. The van der Waals surface area contributed by atoms with Gasteiger partial charge in [-0.05, 0) is 38.0 Å². The van der Waals surface area contributed by atoms with E-state index in [0.717, 1.165) is 38.4 Å². The molecule has 0 spiro atoms. The van der Waals surface area contributed by atoms with E-state index in [4.69, 9.17) is 4.74 Å². The van der Waals surface area contributed by atoms with Gasteiger partial charge >= 0.3 is 0 Å². The third kappa shape index (κ3) is 2.72. The molecular weight excluding hydrogens is 186 g/mol. The van der Waals surface area contributed by atoms with E-state index in [1.165, 1.54) is 32.1 Å². The minimum absolute atomic E-state index is 0.0280. The second-order valence-corrected chi connectivity index (χ2v) is 5.21. The topological polar surface area (TPSA) is 33.0 Å². The fraction of sp³-hybridized carbons (Fsp3) is 0.923. The van der Waals surface area contributed by atoms with Crippen molar-refractivity contribution in [2.45, 2.75) is 51.4 Å². The second-order valence-electron chi connectivity index (χ2n) is 5.21. The van der Waals surface area contributed by atoms with Gasteiger partial charge in [-0.15, -0.1) is 0 Å². The van der Waals surface area contributed by atoms with Crippen molar-refractivity contribution in [3.63, 3.8) is 0 Å². The van der Waals surface area contributed by atoms with Crippen LogP contribution in [0.5, 0.6) is 0 Å². The van der Waals surface area contributed by atoms with Gasteiger partial charge in [0.2, 0.25) is 0 Å². The van der Waals surface area contributed by atoms with Crippen molar-refractivity contribution in [1.82, 2.24) is 0 Å². The van der Waals surface area contributed by atoms with E-state index in [-0.39, 0.29) is 5.41 Å². The van der Waals surface area contributed by atoms with Crippen LogP contribution in [0.2, 0.25) is 0 Å². The summed E-state index contributed by atoms with van der Waals surface area (Å²) in [5.74, 6) is 0.747. The Morgan fingerprint density at radius 3 is 2.40 bits per heavy atom. The Hall–Kier alpha value is -0.550. The third-order valence-corrected chi connectivity index (χ3v) is 4.07. The maximum Gasteiger partial charge on any atom is 0.0689 e. The zero-order chi connectivity index (χ0) is 10.6. The molecule has 1 saturated heterocycles. The highest BCUT2D eigenvalue weighted by Crippen LogP contribution is 2.42. The van der Waals surface area contributed by atoms with Gasteiger partial charge < -0.3 is 4.74 Å². The molecule has 1 heterocycles. The molecule has 1 aliphatic carbocycles. The second kappa shape index (κ2) is 4.99. The molecule has 2 aliphatic rings. The summed E-state index contributed by atoms with van der Waals surface area (Å²) in [4.78, 5) is 0. The number of hydrogen-bond donors (Lipinski definition) is 0. The summed E-state index contributed by atoms with van der Waals surface area (Å²) in [6, 6.07) is 2.62. The molecule has 2 fully saturated rings. The molecule has 0 N–H and O–H groups in total. The highest BCUT2D eigenvalue weighted by molar-refractivity contribution is 5.01. The Morgan fingerprint density at radius 2 is 1.80 bits per heavy atom. The number of hydrogen-bond acceptors (Lipinski definition) is 2. The van der Waals surface area contributed by atoms with Crippen LogP contribution in [0.4, 0.5) is 0 Å². The fourth-order valence-corrected chi connectivity index (χ4v) is 3.09. The van der Waals surface area contributed by atoms with Crippen LogP contribution in [0.15, 0.2) is 0 Å². The van der Waals surface area contributed by atoms with E-state index in [2.05, 4.69) is 6.07 Å². The molecule has 0 unspecified atom stereocenters. The Bertz CT molecular complexity index is 231. The normalized spacial score (nSPS) is 27.1. The summed E-state index contributed by atoms with van der Waals surface area (Å²) in [5, 5.41) is 9.39.